The van der Waals surface area contributed by atoms with E-state index in [-0.39, 0.29) is 10.8 Å². The van der Waals surface area contributed by atoms with Crippen LogP contribution < -0.4 is 0 Å². The molecule has 0 radical (unpaired) electrons. The van der Waals surface area contributed by atoms with Gasteiger partial charge in [0.05, 0.1) is 122 Å². The third-order valence-corrected chi connectivity index (χ3v) is 13.9. The fraction of sp³-hybridized carbons (Fsp3) is 0.423. The van der Waals surface area contributed by atoms with E-state index in [2.05, 4.69) is 182 Å². The van der Waals surface area contributed by atoms with Crippen molar-refractivity contribution in [1.82, 2.24) is 8.75 Å². The van der Waals surface area contributed by atoms with Crippen LogP contribution in [-0.2, 0) is 10.8 Å². The molecule has 7 heteroatoms. The van der Waals surface area contributed by atoms with E-state index in [1.807, 2.05) is 0 Å². The van der Waals surface area contributed by atoms with Crippen molar-refractivity contribution < 1.29 is 17.9 Å². The van der Waals surface area contributed by atoms with Crippen LogP contribution in [0.5, 0.6) is 0 Å². The molecule has 308 valence electrons. The zero-order valence-electron chi connectivity index (χ0n) is 38.0. The minimum Gasteiger partial charge on any atom is -0.331 e. The smallest absolute Gasteiger partial charge is 0.113 e. The number of benzene rings is 5. The average molecular weight is 809 g/mol. The van der Waals surface area contributed by atoms with E-state index in [1.54, 1.807) is 0 Å². The summed E-state index contributed by atoms with van der Waals surface area (Å²) >= 11 is 1.34. The highest BCUT2D eigenvalue weighted by Gasteiger charge is 2.46. The first-order valence-electron chi connectivity index (χ1n) is 21.6. The second kappa shape index (κ2) is 14.7. The second-order valence-corrected chi connectivity index (χ2v) is 22.5. The number of nitrogens with zero attached hydrogens (tertiary/aromatic N) is 6. The van der Waals surface area contributed by atoms with Gasteiger partial charge < -0.3 is 17.9 Å². The molecule has 0 saturated heterocycles. The summed E-state index contributed by atoms with van der Waals surface area (Å²) in [5.74, 6) is 0. The van der Waals surface area contributed by atoms with Crippen LogP contribution in [0, 0.1) is 0 Å². The van der Waals surface area contributed by atoms with Gasteiger partial charge in [0.1, 0.15) is 11.0 Å². The molecule has 2 aliphatic rings. The monoisotopic (exact) mass is 809 g/mol. The Morgan fingerprint density at radius 3 is 1.02 bits per heavy atom. The molecule has 8 rings (SSSR count). The van der Waals surface area contributed by atoms with E-state index < -0.39 is 0 Å². The fourth-order valence-electron chi connectivity index (χ4n) is 10.0. The van der Waals surface area contributed by atoms with Gasteiger partial charge in [-0.25, -0.2) is 0 Å². The molecule has 6 nitrogen and oxygen atoms in total. The van der Waals surface area contributed by atoms with E-state index in [4.69, 9.17) is 8.75 Å². The maximum absolute atomic E-state index is 5.06. The van der Waals surface area contributed by atoms with Gasteiger partial charge >= 0.3 is 0 Å². The number of quaternary nitrogens is 4. The molecule has 0 unspecified atom stereocenters. The molecule has 0 bridgehead atoms. The lowest BCUT2D eigenvalue weighted by molar-refractivity contribution is -0.873. The average Bonchev–Trinajstić information content (AvgIpc) is 3.84. The topological polar surface area (TPSA) is 25.8 Å². The summed E-state index contributed by atoms with van der Waals surface area (Å²) in [7, 11) is 27.9. The van der Waals surface area contributed by atoms with E-state index >= 15 is 0 Å². The third kappa shape index (κ3) is 7.93. The first-order chi connectivity index (χ1) is 27.7. The second-order valence-electron chi connectivity index (χ2n) is 22.0. The molecular weight excluding hydrogens is 741 g/mol. The van der Waals surface area contributed by atoms with Crippen molar-refractivity contribution >= 4 is 22.8 Å². The van der Waals surface area contributed by atoms with Crippen molar-refractivity contribution in [2.24, 2.45) is 0 Å². The lowest BCUT2D eigenvalue weighted by Gasteiger charge is -2.37. The Balaban J connectivity index is 1.25. The van der Waals surface area contributed by atoms with Crippen molar-refractivity contribution in [3.8, 4) is 44.5 Å². The molecule has 0 aliphatic heterocycles. The van der Waals surface area contributed by atoms with Gasteiger partial charge in [0.2, 0.25) is 0 Å². The van der Waals surface area contributed by atoms with E-state index in [9.17, 15) is 0 Å². The Labute approximate surface area is 359 Å². The van der Waals surface area contributed by atoms with Gasteiger partial charge in [0.25, 0.3) is 0 Å². The van der Waals surface area contributed by atoms with E-state index in [0.29, 0.717) is 0 Å². The summed E-state index contributed by atoms with van der Waals surface area (Å²) in [5.41, 5.74) is 18.1. The SMILES string of the molecule is C[N+](C)(C)CCC1(CC[N+](C)(C)C)c2ccccc2-c2ccc(-c3ccc(-c4ccc5c(c4)C(CC[N+](C)(C)C)(CC[N+](C)(C)C)c4ccccc4-5)c4nsnc34)cc21. The highest BCUT2D eigenvalue weighted by Crippen LogP contribution is 2.56. The summed E-state index contributed by atoms with van der Waals surface area (Å²) in [5, 5.41) is 0. The molecular formula is C52H68N6S+4. The molecule has 59 heavy (non-hydrogen) atoms. The maximum atomic E-state index is 5.06. The van der Waals surface area contributed by atoms with Gasteiger partial charge in [0.15, 0.2) is 0 Å². The van der Waals surface area contributed by atoms with Gasteiger partial charge in [-0.1, -0.05) is 84.9 Å². The summed E-state index contributed by atoms with van der Waals surface area (Å²) < 4.78 is 13.9. The molecule has 1 heterocycles. The van der Waals surface area contributed by atoms with Crippen molar-refractivity contribution in [2.45, 2.75) is 36.5 Å². The first kappa shape index (κ1) is 41.5. The predicted octanol–water partition coefficient (Wildman–Crippen LogP) is 9.94. The van der Waals surface area contributed by atoms with Gasteiger partial charge in [-0.05, 0) is 67.8 Å². The Bertz CT molecular complexity index is 2310. The molecule has 0 N–H and O–H groups in total. The van der Waals surface area contributed by atoms with Crippen molar-refractivity contribution in [2.75, 3.05) is 111 Å². The molecule has 0 saturated carbocycles. The summed E-state index contributed by atoms with van der Waals surface area (Å²) in [6.07, 6.45) is 4.40. The van der Waals surface area contributed by atoms with Crippen LogP contribution in [0.3, 0.4) is 0 Å². The molecule has 6 aromatic rings. The maximum Gasteiger partial charge on any atom is 0.113 e. The van der Waals surface area contributed by atoms with Gasteiger partial charge in [-0.2, -0.15) is 8.75 Å². The molecule has 5 aromatic carbocycles. The van der Waals surface area contributed by atoms with Gasteiger partial charge in [0, 0.05) is 47.6 Å². The van der Waals surface area contributed by atoms with Gasteiger partial charge in [-0.3, -0.25) is 0 Å². The largest absolute Gasteiger partial charge is 0.331 e. The van der Waals surface area contributed by atoms with Gasteiger partial charge in [-0.15, -0.1) is 0 Å². The predicted molar refractivity (Wildman–Crippen MR) is 251 cm³/mol. The van der Waals surface area contributed by atoms with Crippen molar-refractivity contribution in [1.29, 1.82) is 0 Å². The van der Waals surface area contributed by atoms with Crippen LogP contribution in [0.4, 0.5) is 0 Å². The van der Waals surface area contributed by atoms with Crippen LogP contribution in [0.1, 0.15) is 47.9 Å². The Morgan fingerprint density at radius 1 is 0.373 bits per heavy atom. The Hall–Kier alpha value is -4.24. The van der Waals surface area contributed by atoms with Crippen molar-refractivity contribution in [3.63, 3.8) is 0 Å². The minimum atomic E-state index is -0.0649. The zero-order valence-corrected chi connectivity index (χ0v) is 38.8. The van der Waals surface area contributed by atoms with Crippen LogP contribution >= 0.6 is 11.7 Å². The zero-order chi connectivity index (χ0) is 42.2. The lowest BCUT2D eigenvalue weighted by atomic mass is 9.71. The quantitative estimate of drug-likeness (QED) is 0.103. The normalized spacial score (nSPS) is 15.6. The molecule has 0 amide bonds. The van der Waals surface area contributed by atoms with E-state index in [0.717, 1.165) is 92.0 Å². The number of fused-ring (bicyclic) bond motifs is 7. The third-order valence-electron chi connectivity index (χ3n) is 13.4. The lowest BCUT2D eigenvalue weighted by Crippen LogP contribution is -2.43. The Kier molecular flexibility index (Phi) is 10.4. The highest BCUT2D eigenvalue weighted by atomic mass is 32.1. The number of rotatable bonds is 14. The summed E-state index contributed by atoms with van der Waals surface area (Å²) in [4.78, 5) is 0. The van der Waals surface area contributed by atoms with E-state index in [1.165, 1.54) is 67.4 Å². The summed E-state index contributed by atoms with van der Waals surface area (Å²) in [6.45, 7) is 4.40. The summed E-state index contributed by atoms with van der Waals surface area (Å²) in [6, 6.07) is 37.6. The minimum absolute atomic E-state index is 0.0649. The standard InChI is InChI=1S/C52H68N6S/c1-55(2,3)31-27-51(28-32-56(4,5)6)45-19-15-13-17-41(45)43-23-21-37(35-47(43)51)39-25-26-40(50-49(39)53-59-54-50)38-22-24-44-42-18-14-16-20-46(42)52(48(44)36-38,29-33-57(7,8)9)30-34-58(10,11)12/h13-26,35-36H,27-34H2,1-12H3/q+4. The molecule has 2 aliphatic carbocycles. The molecule has 0 atom stereocenters. The number of hydrogen-bond acceptors (Lipinski definition) is 3. The number of aromatic nitrogens is 2. The van der Waals surface area contributed by atoms with Crippen LogP contribution in [0.15, 0.2) is 97.1 Å². The van der Waals surface area contributed by atoms with Crippen LogP contribution in [0.25, 0.3) is 55.5 Å². The van der Waals surface area contributed by atoms with Crippen molar-refractivity contribution in [3.05, 3.63) is 119 Å². The van der Waals surface area contributed by atoms with Crippen LogP contribution in [-0.4, -0.2) is 137 Å². The molecule has 0 fully saturated rings. The molecule has 1 aromatic heterocycles. The van der Waals surface area contributed by atoms with Crippen LogP contribution in [0.2, 0.25) is 0 Å². The number of hydrogen-bond donors (Lipinski definition) is 0. The Morgan fingerprint density at radius 2 is 0.678 bits per heavy atom. The fourth-order valence-corrected chi connectivity index (χ4v) is 10.6. The highest BCUT2D eigenvalue weighted by molar-refractivity contribution is 7.00. The molecule has 0 spiro atoms. The first-order valence-corrected chi connectivity index (χ1v) is 22.4.